The van der Waals surface area contributed by atoms with Crippen molar-refractivity contribution < 1.29 is 19.1 Å². The van der Waals surface area contributed by atoms with E-state index in [-0.39, 0.29) is 24.8 Å². The van der Waals surface area contributed by atoms with Crippen LogP contribution in [0.5, 0.6) is 0 Å². The summed E-state index contributed by atoms with van der Waals surface area (Å²) in [6, 6.07) is 18.9. The number of nitrogens with zero attached hydrogens (tertiary/aromatic N) is 4. The van der Waals surface area contributed by atoms with E-state index in [1.165, 1.54) is 11.8 Å². The SMILES string of the molecule is CCOC(=O)C1=C(c2ccccc2)N=C2SC=C(CC(=O)N3CCN(C(C)=O)CC3)N2[C@H]1c1ccccc1. The fraction of sp³-hybridized carbons (Fsp3) is 0.310. The smallest absolute Gasteiger partial charge is 0.338 e. The standard InChI is InChI=1S/C29H30N4O4S/c1-3-37-28(36)25-26(21-10-6-4-7-11-21)30-29-33(27(25)22-12-8-5-9-13-22)23(19-38-29)18-24(35)32-16-14-31(15-17-32)20(2)34/h4-13,19,27H,3,14-18H2,1-2H3/t27-/m0/s1. The van der Waals surface area contributed by atoms with Gasteiger partial charge in [-0.2, -0.15) is 0 Å². The van der Waals surface area contributed by atoms with Gasteiger partial charge in [0, 0.05) is 44.4 Å². The Bertz CT molecular complexity index is 1310. The molecule has 0 spiro atoms. The molecule has 0 unspecified atom stereocenters. The van der Waals surface area contributed by atoms with Crippen molar-refractivity contribution in [3.05, 3.63) is 88.5 Å². The van der Waals surface area contributed by atoms with Crippen LogP contribution in [0.4, 0.5) is 0 Å². The van der Waals surface area contributed by atoms with E-state index in [1.54, 1.807) is 23.6 Å². The minimum absolute atomic E-state index is 0.0105. The number of ether oxygens (including phenoxy) is 1. The molecule has 0 N–H and O–H groups in total. The molecule has 0 radical (unpaired) electrons. The molecule has 8 nitrogen and oxygen atoms in total. The average molecular weight is 531 g/mol. The topological polar surface area (TPSA) is 82.5 Å². The van der Waals surface area contributed by atoms with Crippen molar-refractivity contribution in [2.75, 3.05) is 32.8 Å². The molecule has 1 saturated heterocycles. The first-order valence-corrected chi connectivity index (χ1v) is 13.6. The summed E-state index contributed by atoms with van der Waals surface area (Å²) in [5.41, 5.74) is 3.56. The van der Waals surface area contributed by atoms with Crippen LogP contribution >= 0.6 is 11.8 Å². The lowest BCUT2D eigenvalue weighted by Gasteiger charge is -2.38. The molecule has 0 bridgehead atoms. The van der Waals surface area contributed by atoms with Crippen molar-refractivity contribution in [1.29, 1.82) is 0 Å². The number of fused-ring (bicyclic) bond motifs is 1. The fourth-order valence-corrected chi connectivity index (χ4v) is 5.90. The van der Waals surface area contributed by atoms with E-state index >= 15 is 0 Å². The van der Waals surface area contributed by atoms with Gasteiger partial charge >= 0.3 is 5.97 Å². The van der Waals surface area contributed by atoms with Gasteiger partial charge in [-0.25, -0.2) is 9.79 Å². The van der Waals surface area contributed by atoms with E-state index in [1.807, 2.05) is 71.0 Å². The summed E-state index contributed by atoms with van der Waals surface area (Å²) in [5, 5.41) is 2.67. The molecule has 3 heterocycles. The summed E-state index contributed by atoms with van der Waals surface area (Å²) < 4.78 is 5.55. The number of carbonyl (C=O) groups excluding carboxylic acids is 3. The predicted molar refractivity (Wildman–Crippen MR) is 148 cm³/mol. The minimum Gasteiger partial charge on any atom is -0.463 e. The molecule has 5 rings (SSSR count). The Hall–Kier alpha value is -3.85. The number of benzene rings is 2. The molecule has 9 heteroatoms. The summed E-state index contributed by atoms with van der Waals surface area (Å²) >= 11 is 1.46. The van der Waals surface area contributed by atoms with Crippen molar-refractivity contribution in [2.24, 2.45) is 4.99 Å². The molecule has 1 fully saturated rings. The second kappa shape index (κ2) is 11.3. The number of hydrogen-bond acceptors (Lipinski definition) is 7. The van der Waals surface area contributed by atoms with Gasteiger partial charge in [-0.15, -0.1) is 0 Å². The maximum atomic E-state index is 13.5. The maximum Gasteiger partial charge on any atom is 0.338 e. The lowest BCUT2D eigenvalue weighted by atomic mass is 9.91. The van der Waals surface area contributed by atoms with Crippen LogP contribution in [0.3, 0.4) is 0 Å². The zero-order valence-electron chi connectivity index (χ0n) is 21.5. The van der Waals surface area contributed by atoms with Crippen molar-refractivity contribution >= 4 is 40.4 Å². The third-order valence-corrected chi connectivity index (χ3v) is 7.77. The predicted octanol–water partition coefficient (Wildman–Crippen LogP) is 4.04. The Morgan fingerprint density at radius 3 is 2.21 bits per heavy atom. The maximum absolute atomic E-state index is 13.5. The van der Waals surface area contributed by atoms with E-state index in [0.29, 0.717) is 37.4 Å². The van der Waals surface area contributed by atoms with E-state index in [9.17, 15) is 14.4 Å². The fourth-order valence-electron chi connectivity index (χ4n) is 4.98. The number of amidine groups is 1. The number of rotatable bonds is 6. The number of thioether (sulfide) groups is 1. The first kappa shape index (κ1) is 25.8. The van der Waals surface area contributed by atoms with E-state index < -0.39 is 12.0 Å². The van der Waals surface area contributed by atoms with Crippen LogP contribution in [-0.2, 0) is 19.1 Å². The Kier molecular flexibility index (Phi) is 7.64. The summed E-state index contributed by atoms with van der Waals surface area (Å²) in [6.45, 7) is 5.67. The highest BCUT2D eigenvalue weighted by atomic mass is 32.2. The van der Waals surface area contributed by atoms with Gasteiger partial charge < -0.3 is 19.4 Å². The molecule has 3 aliphatic rings. The van der Waals surface area contributed by atoms with Gasteiger partial charge in [-0.1, -0.05) is 72.4 Å². The van der Waals surface area contributed by atoms with Crippen LogP contribution in [0.25, 0.3) is 5.70 Å². The molecule has 0 aliphatic carbocycles. The first-order valence-electron chi connectivity index (χ1n) is 12.8. The average Bonchev–Trinajstić information content (AvgIpc) is 3.35. The minimum atomic E-state index is -0.499. The van der Waals surface area contributed by atoms with E-state index in [4.69, 9.17) is 9.73 Å². The van der Waals surface area contributed by atoms with Gasteiger partial charge in [-0.3, -0.25) is 9.59 Å². The van der Waals surface area contributed by atoms with Gasteiger partial charge in [0.25, 0.3) is 0 Å². The van der Waals surface area contributed by atoms with Crippen molar-refractivity contribution in [1.82, 2.24) is 14.7 Å². The molecular weight excluding hydrogens is 500 g/mol. The molecule has 3 aliphatic heterocycles. The highest BCUT2D eigenvalue weighted by Crippen LogP contribution is 2.47. The summed E-state index contributed by atoms with van der Waals surface area (Å²) in [7, 11) is 0. The zero-order chi connectivity index (χ0) is 26.6. The van der Waals surface area contributed by atoms with Crippen molar-refractivity contribution in [3.8, 4) is 0 Å². The van der Waals surface area contributed by atoms with Crippen LogP contribution in [0, 0.1) is 0 Å². The van der Waals surface area contributed by atoms with Gasteiger partial charge in [0.2, 0.25) is 11.8 Å². The Balaban J connectivity index is 1.50. The Morgan fingerprint density at radius 2 is 1.58 bits per heavy atom. The summed E-state index contributed by atoms with van der Waals surface area (Å²) in [5.74, 6) is -0.408. The lowest BCUT2D eigenvalue weighted by molar-refractivity contribution is -0.139. The molecule has 2 aromatic carbocycles. The molecule has 196 valence electrons. The molecule has 1 atom stereocenters. The van der Waals surface area contributed by atoms with Crippen LogP contribution in [0.2, 0.25) is 0 Å². The van der Waals surface area contributed by atoms with Gasteiger partial charge in [0.15, 0.2) is 5.17 Å². The molecule has 38 heavy (non-hydrogen) atoms. The van der Waals surface area contributed by atoms with Crippen LogP contribution < -0.4 is 0 Å². The zero-order valence-corrected chi connectivity index (χ0v) is 22.3. The number of amides is 2. The first-order chi connectivity index (χ1) is 18.5. The Labute approximate surface area is 226 Å². The quantitative estimate of drug-likeness (QED) is 0.525. The van der Waals surface area contributed by atoms with Gasteiger partial charge in [0.05, 0.1) is 30.3 Å². The number of piperazine rings is 1. The number of aliphatic imine (C=N–C) groups is 1. The third-order valence-electron chi connectivity index (χ3n) is 6.88. The van der Waals surface area contributed by atoms with E-state index in [2.05, 4.69) is 0 Å². The molecule has 2 aromatic rings. The summed E-state index contributed by atoms with van der Waals surface area (Å²) in [4.78, 5) is 49.1. The monoisotopic (exact) mass is 530 g/mol. The highest BCUT2D eigenvalue weighted by molar-refractivity contribution is 8.16. The molecule has 0 saturated carbocycles. The Morgan fingerprint density at radius 1 is 0.947 bits per heavy atom. The number of esters is 1. The summed E-state index contributed by atoms with van der Waals surface area (Å²) in [6.07, 6.45) is 0.173. The molecular formula is C29H30N4O4S. The second-order valence-corrected chi connectivity index (χ2v) is 10.1. The molecule has 0 aromatic heterocycles. The van der Waals surface area contributed by atoms with E-state index in [0.717, 1.165) is 22.0 Å². The van der Waals surface area contributed by atoms with Crippen molar-refractivity contribution in [3.63, 3.8) is 0 Å². The molecule has 2 amide bonds. The van der Waals surface area contributed by atoms with Crippen LogP contribution in [-0.4, -0.2) is 70.4 Å². The van der Waals surface area contributed by atoms with Gasteiger partial charge in [-0.05, 0) is 17.9 Å². The normalized spacial score (nSPS) is 19.1. The van der Waals surface area contributed by atoms with Crippen LogP contribution in [0.1, 0.15) is 37.4 Å². The highest BCUT2D eigenvalue weighted by Gasteiger charge is 2.42. The van der Waals surface area contributed by atoms with Crippen LogP contribution in [0.15, 0.2) is 82.3 Å². The third kappa shape index (κ3) is 5.11. The largest absolute Gasteiger partial charge is 0.463 e. The lowest BCUT2D eigenvalue weighted by Crippen LogP contribution is -2.50. The number of hydrogen-bond donors (Lipinski definition) is 0. The van der Waals surface area contributed by atoms with Crippen molar-refractivity contribution in [2.45, 2.75) is 26.3 Å². The second-order valence-electron chi connectivity index (χ2n) is 9.22. The number of carbonyl (C=O) groups is 3. The van der Waals surface area contributed by atoms with Gasteiger partial charge in [0.1, 0.15) is 0 Å².